The van der Waals surface area contributed by atoms with E-state index in [1.807, 2.05) is 12.3 Å². The molecule has 0 radical (unpaired) electrons. The minimum Gasteiger partial charge on any atom is -0.255 e. The molecular formula is C34H41N3. The molecule has 37 heavy (non-hydrogen) atoms. The molecule has 4 aromatic rings. The van der Waals surface area contributed by atoms with E-state index in [1.54, 1.807) is 0 Å². The molecule has 3 nitrogen and oxygen atoms in total. The van der Waals surface area contributed by atoms with Crippen molar-refractivity contribution in [3.63, 3.8) is 0 Å². The lowest BCUT2D eigenvalue weighted by molar-refractivity contribution is 0.125. The summed E-state index contributed by atoms with van der Waals surface area (Å²) in [6, 6.07) is 17.4. The predicted octanol–water partition coefficient (Wildman–Crippen LogP) is 8.81. The van der Waals surface area contributed by atoms with Crippen molar-refractivity contribution in [2.45, 2.75) is 91.9 Å². The molecule has 2 heterocycles. The van der Waals surface area contributed by atoms with Crippen LogP contribution >= 0.6 is 0 Å². The molecule has 0 spiro atoms. The lowest BCUT2D eigenvalue weighted by Gasteiger charge is -2.44. The normalized spacial score (nSPS) is 17.7. The topological polar surface area (TPSA) is 38.7 Å². The van der Waals surface area contributed by atoms with E-state index >= 15 is 0 Å². The number of fused-ring (bicyclic) bond motifs is 2. The molecule has 0 aliphatic heterocycles. The molecule has 0 N–H and O–H groups in total. The van der Waals surface area contributed by atoms with E-state index in [0.717, 1.165) is 40.1 Å². The SMILES string of the molecule is CCc1cc2c(cc1-c1ccc(-c3nc(C(C)(C)C)c4ccccc4n3)cn1)C(C)(C)C(C)(C)C2(C)C. The molecule has 3 heteroatoms. The number of hydrogen-bond donors (Lipinski definition) is 0. The third-order valence-electron chi connectivity index (χ3n) is 9.71. The van der Waals surface area contributed by atoms with Gasteiger partial charge >= 0.3 is 0 Å². The molecule has 192 valence electrons. The maximum absolute atomic E-state index is 5.03. The fraction of sp³-hybridized carbons (Fsp3) is 0.441. The van der Waals surface area contributed by atoms with E-state index in [0.29, 0.717) is 0 Å². The van der Waals surface area contributed by atoms with Crippen molar-refractivity contribution >= 4 is 10.9 Å². The molecule has 0 atom stereocenters. The van der Waals surface area contributed by atoms with Gasteiger partial charge in [0.2, 0.25) is 0 Å². The molecule has 0 amide bonds. The zero-order valence-electron chi connectivity index (χ0n) is 24.2. The Balaban J connectivity index is 1.62. The Morgan fingerprint density at radius 2 is 1.43 bits per heavy atom. The van der Waals surface area contributed by atoms with Crippen LogP contribution in [0.25, 0.3) is 33.5 Å². The Bertz CT molecular complexity index is 1500. The van der Waals surface area contributed by atoms with Gasteiger partial charge in [-0.1, -0.05) is 93.5 Å². The van der Waals surface area contributed by atoms with E-state index in [9.17, 15) is 0 Å². The molecule has 0 saturated carbocycles. The van der Waals surface area contributed by atoms with Gasteiger partial charge in [0.15, 0.2) is 5.82 Å². The summed E-state index contributed by atoms with van der Waals surface area (Å²) in [5, 5.41) is 1.11. The van der Waals surface area contributed by atoms with Crippen molar-refractivity contribution in [1.29, 1.82) is 0 Å². The number of pyridine rings is 1. The van der Waals surface area contributed by atoms with Crippen LogP contribution in [0.2, 0.25) is 0 Å². The third kappa shape index (κ3) is 3.73. The van der Waals surface area contributed by atoms with Crippen LogP contribution in [0, 0.1) is 5.41 Å². The summed E-state index contributed by atoms with van der Waals surface area (Å²) in [4.78, 5) is 14.9. The van der Waals surface area contributed by atoms with Gasteiger partial charge in [-0.05, 0) is 63.6 Å². The van der Waals surface area contributed by atoms with Crippen LogP contribution in [-0.2, 0) is 22.7 Å². The van der Waals surface area contributed by atoms with Crippen LogP contribution < -0.4 is 0 Å². The lowest BCUT2D eigenvalue weighted by atomic mass is 9.59. The van der Waals surface area contributed by atoms with E-state index in [-0.39, 0.29) is 21.7 Å². The highest BCUT2D eigenvalue weighted by Crippen LogP contribution is 2.62. The monoisotopic (exact) mass is 491 g/mol. The quantitative estimate of drug-likeness (QED) is 0.287. The maximum atomic E-state index is 5.03. The molecule has 1 aliphatic carbocycles. The third-order valence-corrected chi connectivity index (χ3v) is 9.71. The van der Waals surface area contributed by atoms with E-state index in [2.05, 4.69) is 112 Å². The summed E-state index contributed by atoms with van der Waals surface area (Å²) in [5.74, 6) is 0.733. The minimum atomic E-state index is -0.0839. The number of rotatable bonds is 3. The summed E-state index contributed by atoms with van der Waals surface area (Å²) in [6.45, 7) is 23.3. The largest absolute Gasteiger partial charge is 0.255 e. The van der Waals surface area contributed by atoms with Gasteiger partial charge in [0.1, 0.15) is 0 Å². The highest BCUT2D eigenvalue weighted by Gasteiger charge is 2.56. The van der Waals surface area contributed by atoms with Crippen LogP contribution in [-0.4, -0.2) is 15.0 Å². The summed E-state index contributed by atoms with van der Waals surface area (Å²) >= 11 is 0. The average molecular weight is 492 g/mol. The van der Waals surface area contributed by atoms with Gasteiger partial charge in [-0.25, -0.2) is 9.97 Å². The van der Waals surface area contributed by atoms with Gasteiger partial charge in [-0.2, -0.15) is 0 Å². The first kappa shape index (κ1) is 25.6. The maximum Gasteiger partial charge on any atom is 0.161 e. The zero-order valence-corrected chi connectivity index (χ0v) is 24.2. The Labute approximate surface area is 222 Å². The smallest absolute Gasteiger partial charge is 0.161 e. The van der Waals surface area contributed by atoms with Crippen LogP contribution in [0.4, 0.5) is 0 Å². The molecule has 0 unspecified atom stereocenters. The summed E-state index contributed by atoms with van der Waals surface area (Å²) < 4.78 is 0. The molecule has 2 aromatic carbocycles. The summed E-state index contributed by atoms with van der Waals surface area (Å²) in [6.07, 6.45) is 2.92. The second-order valence-electron chi connectivity index (χ2n) is 13.4. The molecular weight excluding hydrogens is 450 g/mol. The molecule has 2 aromatic heterocycles. The zero-order chi connectivity index (χ0) is 27.0. The Hall–Kier alpha value is -3.07. The van der Waals surface area contributed by atoms with Crippen molar-refractivity contribution in [1.82, 2.24) is 15.0 Å². The highest BCUT2D eigenvalue weighted by molar-refractivity contribution is 5.83. The number of hydrogen-bond acceptors (Lipinski definition) is 3. The standard InChI is InChI=1S/C34H41N3/c1-11-21-18-25-26(33(7,8)34(9,10)32(25,5)6)19-24(21)27-17-16-22(20-35-27)30-36-28-15-13-12-14-23(28)29(37-30)31(2,3)4/h12-20H,11H2,1-10H3. The number of benzene rings is 2. The van der Waals surface area contributed by atoms with Gasteiger partial charge in [0.05, 0.1) is 16.9 Å². The highest BCUT2D eigenvalue weighted by atomic mass is 14.9. The van der Waals surface area contributed by atoms with E-state index in [4.69, 9.17) is 15.0 Å². The molecule has 1 aliphatic rings. The Morgan fingerprint density at radius 3 is 2.03 bits per heavy atom. The summed E-state index contributed by atoms with van der Waals surface area (Å²) in [5.41, 5.74) is 9.76. The van der Waals surface area contributed by atoms with Crippen molar-refractivity contribution in [2.24, 2.45) is 5.41 Å². The van der Waals surface area contributed by atoms with Gasteiger partial charge in [-0.15, -0.1) is 0 Å². The Morgan fingerprint density at radius 1 is 0.784 bits per heavy atom. The van der Waals surface area contributed by atoms with Crippen LogP contribution in [0.5, 0.6) is 0 Å². The van der Waals surface area contributed by atoms with Crippen molar-refractivity contribution in [3.05, 3.63) is 77.1 Å². The predicted molar refractivity (Wildman–Crippen MR) is 156 cm³/mol. The van der Waals surface area contributed by atoms with Crippen LogP contribution in [0.15, 0.2) is 54.7 Å². The summed E-state index contributed by atoms with van der Waals surface area (Å²) in [7, 11) is 0. The first-order valence-corrected chi connectivity index (χ1v) is 13.6. The average Bonchev–Trinajstić information content (AvgIpc) is 2.96. The molecule has 5 rings (SSSR count). The molecule has 0 fully saturated rings. The fourth-order valence-electron chi connectivity index (χ4n) is 6.13. The number of aromatic nitrogens is 3. The van der Waals surface area contributed by atoms with Crippen molar-refractivity contribution < 1.29 is 0 Å². The van der Waals surface area contributed by atoms with E-state index < -0.39 is 0 Å². The molecule has 0 bridgehead atoms. The number of nitrogens with zero attached hydrogens (tertiary/aromatic N) is 3. The Kier molecular flexibility index (Phi) is 5.68. The van der Waals surface area contributed by atoms with Gasteiger partial charge in [-0.3, -0.25) is 4.98 Å². The first-order valence-electron chi connectivity index (χ1n) is 13.6. The van der Waals surface area contributed by atoms with Crippen LogP contribution in [0.3, 0.4) is 0 Å². The van der Waals surface area contributed by atoms with Gasteiger partial charge in [0.25, 0.3) is 0 Å². The second-order valence-corrected chi connectivity index (χ2v) is 13.4. The van der Waals surface area contributed by atoms with Gasteiger partial charge < -0.3 is 0 Å². The second kappa shape index (κ2) is 8.21. The van der Waals surface area contributed by atoms with Crippen molar-refractivity contribution in [2.75, 3.05) is 0 Å². The van der Waals surface area contributed by atoms with E-state index in [1.165, 1.54) is 22.3 Å². The number of para-hydroxylation sites is 1. The first-order chi connectivity index (χ1) is 17.2. The number of aryl methyl sites for hydroxylation is 1. The van der Waals surface area contributed by atoms with Gasteiger partial charge in [0, 0.05) is 28.1 Å². The molecule has 0 saturated heterocycles. The fourth-order valence-corrected chi connectivity index (χ4v) is 6.13. The lowest BCUT2D eigenvalue weighted by Crippen LogP contribution is -2.42. The minimum absolute atomic E-state index is 0.0646. The van der Waals surface area contributed by atoms with Crippen molar-refractivity contribution in [3.8, 4) is 22.6 Å². The van der Waals surface area contributed by atoms with Crippen LogP contribution in [0.1, 0.15) is 91.6 Å².